The molecule has 0 amide bonds. The Bertz CT molecular complexity index is 431. The molecule has 110 valence electrons. The van der Waals surface area contributed by atoms with Crippen LogP contribution in [0.1, 0.15) is 31.2 Å². The van der Waals surface area contributed by atoms with Gasteiger partial charge in [-0.1, -0.05) is 18.2 Å². The highest BCUT2D eigenvalue weighted by atomic mass is 16.5. The molecule has 0 bridgehead atoms. The number of likely N-dealkylation sites (tertiary alicyclic amines) is 1. The molecule has 20 heavy (non-hydrogen) atoms. The van der Waals surface area contributed by atoms with Gasteiger partial charge in [-0.05, 0) is 50.1 Å². The van der Waals surface area contributed by atoms with Crippen molar-refractivity contribution >= 4 is 0 Å². The Hall–Kier alpha value is -1.06. The highest BCUT2D eigenvalue weighted by Crippen LogP contribution is 2.31. The van der Waals surface area contributed by atoms with Crippen LogP contribution >= 0.6 is 0 Å². The van der Waals surface area contributed by atoms with E-state index in [1.807, 2.05) is 0 Å². The zero-order valence-corrected chi connectivity index (χ0v) is 12.1. The molecule has 0 radical (unpaired) electrons. The van der Waals surface area contributed by atoms with E-state index >= 15 is 0 Å². The van der Waals surface area contributed by atoms with Crippen molar-refractivity contribution in [1.29, 1.82) is 0 Å². The van der Waals surface area contributed by atoms with Crippen LogP contribution in [0.5, 0.6) is 5.75 Å². The number of benzene rings is 1. The largest absolute Gasteiger partial charge is 0.493 e. The lowest BCUT2D eigenvalue weighted by atomic mass is 9.98. The molecule has 1 atom stereocenters. The van der Waals surface area contributed by atoms with E-state index in [2.05, 4.69) is 29.2 Å². The van der Waals surface area contributed by atoms with E-state index in [4.69, 9.17) is 4.74 Å². The quantitative estimate of drug-likeness (QED) is 0.866. The lowest BCUT2D eigenvalue weighted by molar-refractivity contribution is 0.115. The minimum absolute atomic E-state index is 0.316. The fourth-order valence-corrected chi connectivity index (χ4v) is 2.95. The molecule has 1 aliphatic carbocycles. The van der Waals surface area contributed by atoms with Gasteiger partial charge < -0.3 is 9.84 Å². The zero-order valence-electron chi connectivity index (χ0n) is 12.1. The maximum absolute atomic E-state index is 9.33. The van der Waals surface area contributed by atoms with E-state index in [1.165, 1.54) is 24.8 Å². The number of piperidine rings is 1. The van der Waals surface area contributed by atoms with Crippen molar-refractivity contribution in [3.05, 3.63) is 29.8 Å². The van der Waals surface area contributed by atoms with Crippen molar-refractivity contribution in [3.8, 4) is 5.75 Å². The summed E-state index contributed by atoms with van der Waals surface area (Å²) in [5.74, 6) is 2.28. The number of ether oxygens (including phenoxy) is 1. The second-order valence-electron chi connectivity index (χ2n) is 6.29. The van der Waals surface area contributed by atoms with E-state index in [0.717, 1.165) is 44.3 Å². The van der Waals surface area contributed by atoms with Crippen LogP contribution in [0.4, 0.5) is 0 Å². The summed E-state index contributed by atoms with van der Waals surface area (Å²) in [7, 11) is 0. The van der Waals surface area contributed by atoms with Crippen LogP contribution in [0.15, 0.2) is 24.3 Å². The van der Waals surface area contributed by atoms with Crippen LogP contribution in [0.3, 0.4) is 0 Å². The minimum Gasteiger partial charge on any atom is -0.493 e. The third-order valence-electron chi connectivity index (χ3n) is 4.40. The van der Waals surface area contributed by atoms with Gasteiger partial charge in [-0.2, -0.15) is 0 Å². The van der Waals surface area contributed by atoms with E-state index in [9.17, 15) is 5.11 Å². The van der Waals surface area contributed by atoms with Gasteiger partial charge in [-0.15, -0.1) is 0 Å². The number of aliphatic hydroxyl groups is 1. The number of rotatable bonds is 6. The normalized spacial score (nSPS) is 23.8. The average Bonchev–Trinajstić information content (AvgIpc) is 3.31. The summed E-state index contributed by atoms with van der Waals surface area (Å²) >= 11 is 0. The molecular weight excluding hydrogens is 250 g/mol. The molecule has 1 aromatic carbocycles. The number of hydrogen-bond donors (Lipinski definition) is 1. The molecule has 1 aliphatic heterocycles. The minimum atomic E-state index is 0.316. The average molecular weight is 275 g/mol. The lowest BCUT2D eigenvalue weighted by Gasteiger charge is -2.32. The molecule has 1 aromatic rings. The molecule has 2 aliphatic rings. The maximum Gasteiger partial charge on any atom is 0.123 e. The molecular formula is C17H25NO2. The second kappa shape index (κ2) is 6.59. The van der Waals surface area contributed by atoms with Crippen molar-refractivity contribution in [1.82, 2.24) is 4.90 Å². The molecule has 1 saturated heterocycles. The summed E-state index contributed by atoms with van der Waals surface area (Å²) in [6, 6.07) is 8.40. The van der Waals surface area contributed by atoms with Crippen LogP contribution in [-0.4, -0.2) is 36.3 Å². The van der Waals surface area contributed by atoms with Crippen LogP contribution in [0.2, 0.25) is 0 Å². The first kappa shape index (κ1) is 13.9. The van der Waals surface area contributed by atoms with Crippen molar-refractivity contribution < 1.29 is 9.84 Å². The molecule has 1 heterocycles. The summed E-state index contributed by atoms with van der Waals surface area (Å²) in [6.07, 6.45) is 5.00. The molecule has 1 saturated carbocycles. The highest BCUT2D eigenvalue weighted by Gasteiger charge is 2.23. The Labute approximate surface area is 121 Å². The SMILES string of the molecule is OCC1CCCN(Cc2ccccc2OCC2CC2)C1. The van der Waals surface area contributed by atoms with E-state index < -0.39 is 0 Å². The first-order valence-electron chi connectivity index (χ1n) is 7.89. The van der Waals surface area contributed by atoms with Crippen LogP contribution in [0.25, 0.3) is 0 Å². The Morgan fingerprint density at radius 2 is 2.00 bits per heavy atom. The molecule has 1 N–H and O–H groups in total. The Kier molecular flexibility index (Phi) is 4.58. The van der Waals surface area contributed by atoms with Crippen molar-refractivity contribution in [2.75, 3.05) is 26.3 Å². The first-order valence-corrected chi connectivity index (χ1v) is 7.89. The maximum atomic E-state index is 9.33. The first-order chi connectivity index (χ1) is 9.85. The van der Waals surface area contributed by atoms with Gasteiger partial charge in [-0.3, -0.25) is 4.90 Å². The fourth-order valence-electron chi connectivity index (χ4n) is 2.95. The zero-order chi connectivity index (χ0) is 13.8. The van der Waals surface area contributed by atoms with Crippen molar-refractivity contribution in [2.45, 2.75) is 32.2 Å². The molecule has 3 rings (SSSR count). The summed E-state index contributed by atoms with van der Waals surface area (Å²) < 4.78 is 5.98. The van der Waals surface area contributed by atoms with Gasteiger partial charge >= 0.3 is 0 Å². The molecule has 3 nitrogen and oxygen atoms in total. The summed E-state index contributed by atoms with van der Waals surface area (Å²) in [5, 5.41) is 9.33. The standard InChI is InChI=1S/C17H25NO2/c19-12-15-4-3-9-18(10-15)11-16-5-1-2-6-17(16)20-13-14-7-8-14/h1-2,5-6,14-15,19H,3-4,7-13H2. The highest BCUT2D eigenvalue weighted by molar-refractivity contribution is 5.33. The predicted molar refractivity (Wildman–Crippen MR) is 79.7 cm³/mol. The van der Waals surface area contributed by atoms with Gasteiger partial charge in [0, 0.05) is 25.3 Å². The van der Waals surface area contributed by atoms with Crippen molar-refractivity contribution in [2.24, 2.45) is 11.8 Å². The van der Waals surface area contributed by atoms with Gasteiger partial charge in [0.05, 0.1) is 6.61 Å². The number of hydrogen-bond acceptors (Lipinski definition) is 3. The number of para-hydroxylation sites is 1. The van der Waals surface area contributed by atoms with Crippen LogP contribution in [-0.2, 0) is 6.54 Å². The summed E-state index contributed by atoms with van der Waals surface area (Å²) in [4.78, 5) is 2.45. The molecule has 2 fully saturated rings. The molecule has 0 spiro atoms. The second-order valence-corrected chi connectivity index (χ2v) is 6.29. The number of nitrogens with zero attached hydrogens (tertiary/aromatic N) is 1. The fraction of sp³-hybridized carbons (Fsp3) is 0.647. The van der Waals surface area contributed by atoms with Gasteiger partial charge in [0.1, 0.15) is 5.75 Å². The van der Waals surface area contributed by atoms with Gasteiger partial charge in [-0.25, -0.2) is 0 Å². The molecule has 0 aromatic heterocycles. The number of aliphatic hydroxyl groups excluding tert-OH is 1. The van der Waals surface area contributed by atoms with Crippen LogP contribution in [0, 0.1) is 11.8 Å². The van der Waals surface area contributed by atoms with Crippen molar-refractivity contribution in [3.63, 3.8) is 0 Å². The lowest BCUT2D eigenvalue weighted by Crippen LogP contribution is -2.36. The smallest absolute Gasteiger partial charge is 0.123 e. The molecule has 1 unspecified atom stereocenters. The van der Waals surface area contributed by atoms with Gasteiger partial charge in [0.15, 0.2) is 0 Å². The Balaban J connectivity index is 1.60. The predicted octanol–water partition coefficient (Wildman–Crippen LogP) is 2.68. The van der Waals surface area contributed by atoms with Crippen LogP contribution < -0.4 is 4.74 Å². The van der Waals surface area contributed by atoms with E-state index in [0.29, 0.717) is 12.5 Å². The monoisotopic (exact) mass is 275 g/mol. The summed E-state index contributed by atoms with van der Waals surface area (Å²) in [5.41, 5.74) is 1.28. The van der Waals surface area contributed by atoms with Gasteiger partial charge in [0.2, 0.25) is 0 Å². The third-order valence-corrected chi connectivity index (χ3v) is 4.40. The van der Waals surface area contributed by atoms with Gasteiger partial charge in [0.25, 0.3) is 0 Å². The third kappa shape index (κ3) is 3.74. The van der Waals surface area contributed by atoms with E-state index in [-0.39, 0.29) is 0 Å². The topological polar surface area (TPSA) is 32.7 Å². The summed E-state index contributed by atoms with van der Waals surface area (Å²) in [6.45, 7) is 4.27. The Morgan fingerprint density at radius 3 is 2.80 bits per heavy atom. The van der Waals surface area contributed by atoms with E-state index in [1.54, 1.807) is 0 Å². The Morgan fingerprint density at radius 1 is 1.15 bits per heavy atom. The molecule has 3 heteroatoms.